The molecule has 1 heterocycles. The van der Waals surface area contributed by atoms with E-state index in [4.69, 9.17) is 0 Å². The van der Waals surface area contributed by atoms with Crippen LogP contribution in [0.25, 0.3) is 93.2 Å². The largest absolute Gasteiger partial charge is 0.308 e. The first-order valence-electron chi connectivity index (χ1n) is 21.4. The average Bonchev–Trinajstić information content (AvgIpc) is 3.69. The first-order chi connectivity index (χ1) is 30.8. The summed E-state index contributed by atoms with van der Waals surface area (Å²) in [6, 6.07) is 88.6. The van der Waals surface area contributed by atoms with Crippen molar-refractivity contribution in [2.45, 2.75) is 0 Å². The van der Waals surface area contributed by atoms with Gasteiger partial charge in [-0.2, -0.15) is 0 Å². The van der Waals surface area contributed by atoms with Crippen LogP contribution in [0, 0.1) is 0 Å². The van der Waals surface area contributed by atoms with Crippen molar-refractivity contribution < 1.29 is 0 Å². The van der Waals surface area contributed by atoms with E-state index in [1.807, 2.05) is 0 Å². The highest BCUT2D eigenvalue weighted by atomic mass is 15.2. The quantitative estimate of drug-likeness (QED) is 0.146. The minimum Gasteiger partial charge on any atom is -0.308 e. The van der Waals surface area contributed by atoms with E-state index in [0.29, 0.717) is 0 Å². The van der Waals surface area contributed by atoms with Crippen molar-refractivity contribution in [2.75, 3.05) is 4.90 Å². The number of hydrogen-bond acceptors (Lipinski definition) is 1. The van der Waals surface area contributed by atoms with Crippen LogP contribution in [0.2, 0.25) is 0 Å². The zero-order chi connectivity index (χ0) is 41.0. The van der Waals surface area contributed by atoms with Crippen LogP contribution in [0.4, 0.5) is 17.1 Å². The summed E-state index contributed by atoms with van der Waals surface area (Å²) in [5.74, 6) is 0. The topological polar surface area (TPSA) is 8.17 Å². The summed E-state index contributed by atoms with van der Waals surface area (Å²) >= 11 is 0. The van der Waals surface area contributed by atoms with Crippen molar-refractivity contribution in [1.29, 1.82) is 0 Å². The Morgan fingerprint density at radius 1 is 0.290 bits per heavy atom. The molecule has 0 aliphatic heterocycles. The van der Waals surface area contributed by atoms with E-state index in [2.05, 4.69) is 252 Å². The Kier molecular flexibility index (Phi) is 8.53. The van der Waals surface area contributed by atoms with Crippen LogP contribution in [0.5, 0.6) is 0 Å². The first-order valence-corrected chi connectivity index (χ1v) is 21.4. The number of para-hydroxylation sites is 2. The van der Waals surface area contributed by atoms with Gasteiger partial charge in [-0.1, -0.05) is 200 Å². The van der Waals surface area contributed by atoms with E-state index in [0.717, 1.165) is 33.8 Å². The second-order valence-corrected chi connectivity index (χ2v) is 16.0. The smallest absolute Gasteiger partial charge is 0.0782 e. The van der Waals surface area contributed by atoms with Crippen molar-refractivity contribution in [3.8, 4) is 39.1 Å². The van der Waals surface area contributed by atoms with Crippen LogP contribution in [0.3, 0.4) is 0 Å². The second-order valence-electron chi connectivity index (χ2n) is 16.0. The standard InChI is InChI=1S/C60H40N2/c1-4-19-41(20-5-1)45-27-16-28-46(39-45)61(57-36-18-33-53-51-31-14-15-34-56(51)62(60(53)57)55-35-17-26-42-21-10-11-29-48(42)55)47-37-38-50-49-30-12-13-32-52(49)58(43-22-6-2-7-23-43)59(54(50)40-47)44-24-8-3-9-25-44/h1-40H. The fourth-order valence-corrected chi connectivity index (χ4v) is 9.84. The van der Waals surface area contributed by atoms with Gasteiger partial charge < -0.3 is 9.47 Å². The molecule has 0 spiro atoms. The molecule has 0 atom stereocenters. The third-order valence-corrected chi connectivity index (χ3v) is 12.5. The Labute approximate surface area is 360 Å². The Bertz CT molecular complexity index is 3620. The minimum atomic E-state index is 1.08. The molecule has 62 heavy (non-hydrogen) atoms. The van der Waals surface area contributed by atoms with Gasteiger partial charge in [-0.15, -0.1) is 0 Å². The Hall–Kier alpha value is -8.20. The Morgan fingerprint density at radius 3 is 1.56 bits per heavy atom. The van der Waals surface area contributed by atoms with E-state index in [9.17, 15) is 0 Å². The Balaban J connectivity index is 1.22. The first kappa shape index (κ1) is 35.7. The summed E-state index contributed by atoms with van der Waals surface area (Å²) in [6.07, 6.45) is 0. The zero-order valence-corrected chi connectivity index (χ0v) is 34.0. The fourth-order valence-electron chi connectivity index (χ4n) is 9.84. The normalized spacial score (nSPS) is 11.5. The Morgan fingerprint density at radius 2 is 0.806 bits per heavy atom. The van der Waals surface area contributed by atoms with Crippen LogP contribution >= 0.6 is 0 Å². The molecule has 0 radical (unpaired) electrons. The molecule has 2 nitrogen and oxygen atoms in total. The van der Waals surface area contributed by atoms with Crippen LogP contribution in [0.15, 0.2) is 243 Å². The average molecular weight is 789 g/mol. The maximum atomic E-state index is 2.49. The maximum Gasteiger partial charge on any atom is 0.0782 e. The van der Waals surface area contributed by atoms with Crippen molar-refractivity contribution in [1.82, 2.24) is 4.57 Å². The summed E-state index contributed by atoms with van der Waals surface area (Å²) < 4.78 is 2.49. The van der Waals surface area contributed by atoms with E-state index in [1.54, 1.807) is 0 Å². The van der Waals surface area contributed by atoms with E-state index < -0.39 is 0 Å². The third-order valence-electron chi connectivity index (χ3n) is 12.5. The number of anilines is 3. The number of nitrogens with zero attached hydrogens (tertiary/aromatic N) is 2. The number of fused-ring (bicyclic) bond motifs is 7. The predicted octanol–water partition coefficient (Wildman–Crippen LogP) is 16.7. The number of rotatable bonds is 7. The molecule has 0 saturated carbocycles. The molecule has 2 heteroatoms. The number of benzene rings is 11. The van der Waals surface area contributed by atoms with Gasteiger partial charge >= 0.3 is 0 Å². The van der Waals surface area contributed by atoms with Crippen LogP contribution in [0.1, 0.15) is 0 Å². The van der Waals surface area contributed by atoms with Gasteiger partial charge in [0.15, 0.2) is 0 Å². The van der Waals surface area contributed by atoms with Crippen LogP contribution in [-0.4, -0.2) is 4.57 Å². The lowest BCUT2D eigenvalue weighted by Crippen LogP contribution is -2.12. The maximum absolute atomic E-state index is 2.49. The molecule has 290 valence electrons. The lowest BCUT2D eigenvalue weighted by molar-refractivity contribution is 1.18. The molecule has 0 aliphatic rings. The van der Waals surface area contributed by atoms with Crippen molar-refractivity contribution in [3.05, 3.63) is 243 Å². The second kappa shape index (κ2) is 14.8. The molecule has 12 aromatic rings. The third kappa shape index (κ3) is 5.80. The molecule has 0 saturated heterocycles. The van der Waals surface area contributed by atoms with Gasteiger partial charge in [0.05, 0.1) is 22.4 Å². The molecule has 12 rings (SSSR count). The molecular weight excluding hydrogens is 749 g/mol. The van der Waals surface area contributed by atoms with Gasteiger partial charge in [0.2, 0.25) is 0 Å². The van der Waals surface area contributed by atoms with E-state index >= 15 is 0 Å². The summed E-state index contributed by atoms with van der Waals surface area (Å²) in [7, 11) is 0. The SMILES string of the molecule is c1ccc(-c2cccc(N(c3ccc4c(c3)c(-c3ccccc3)c(-c3ccccc3)c3ccccc34)c3cccc4c5ccccc5n(-c5cccc6ccccc56)c34)c2)cc1. The lowest BCUT2D eigenvalue weighted by atomic mass is 9.85. The predicted molar refractivity (Wildman–Crippen MR) is 264 cm³/mol. The molecule has 0 fully saturated rings. The minimum absolute atomic E-state index is 1.08. The van der Waals surface area contributed by atoms with Gasteiger partial charge in [0, 0.05) is 27.5 Å². The summed E-state index contributed by atoms with van der Waals surface area (Å²) in [5, 5.41) is 9.77. The van der Waals surface area contributed by atoms with Crippen LogP contribution in [-0.2, 0) is 0 Å². The molecule has 11 aromatic carbocycles. The molecule has 0 amide bonds. The molecule has 0 unspecified atom stereocenters. The molecule has 0 N–H and O–H groups in total. The monoisotopic (exact) mass is 788 g/mol. The van der Waals surface area contributed by atoms with Crippen molar-refractivity contribution in [3.63, 3.8) is 0 Å². The van der Waals surface area contributed by atoms with Crippen LogP contribution < -0.4 is 4.90 Å². The molecule has 0 aliphatic carbocycles. The zero-order valence-electron chi connectivity index (χ0n) is 34.0. The highest BCUT2D eigenvalue weighted by Crippen LogP contribution is 2.49. The van der Waals surface area contributed by atoms with Gasteiger partial charge in [-0.05, 0) is 103 Å². The lowest BCUT2D eigenvalue weighted by Gasteiger charge is -2.29. The number of hydrogen-bond donors (Lipinski definition) is 0. The molecule has 1 aromatic heterocycles. The summed E-state index contributed by atoms with van der Waals surface area (Å²) in [5.41, 5.74) is 14.0. The van der Waals surface area contributed by atoms with E-state index in [1.165, 1.54) is 76.4 Å². The number of aromatic nitrogens is 1. The highest BCUT2D eigenvalue weighted by molar-refractivity contribution is 6.23. The molecular formula is C60H40N2. The fraction of sp³-hybridized carbons (Fsp3) is 0. The van der Waals surface area contributed by atoms with E-state index in [-0.39, 0.29) is 0 Å². The molecule has 0 bridgehead atoms. The van der Waals surface area contributed by atoms with Gasteiger partial charge in [-0.3, -0.25) is 0 Å². The van der Waals surface area contributed by atoms with Gasteiger partial charge in [0.25, 0.3) is 0 Å². The summed E-state index contributed by atoms with van der Waals surface area (Å²) in [4.78, 5) is 2.49. The van der Waals surface area contributed by atoms with Gasteiger partial charge in [-0.25, -0.2) is 0 Å². The van der Waals surface area contributed by atoms with Gasteiger partial charge in [0.1, 0.15) is 0 Å². The summed E-state index contributed by atoms with van der Waals surface area (Å²) in [6.45, 7) is 0. The highest BCUT2D eigenvalue weighted by Gasteiger charge is 2.24. The van der Waals surface area contributed by atoms with Crippen molar-refractivity contribution >= 4 is 71.2 Å². The van der Waals surface area contributed by atoms with Crippen molar-refractivity contribution in [2.24, 2.45) is 0 Å².